The number of carbonyl (C=O) groups excluding carboxylic acids is 1. The third-order valence-electron chi connectivity index (χ3n) is 3.01. The summed E-state index contributed by atoms with van der Waals surface area (Å²) < 4.78 is 33.4. The number of hydrogen-bond donors (Lipinski definition) is 1. The van der Waals surface area contributed by atoms with E-state index in [1.807, 2.05) is 0 Å². The normalized spacial score (nSPS) is 18.7. The standard InChI is InChI=1S/C12H13BrClNO5S/c13-11-9(14)3-8(4-10(11)21(15,17)18)12(16)20-6-7-1-2-19-5-7/h3-4,7H,1-2,5-6H2,(H2,15,17,18). The zero-order chi connectivity index (χ0) is 15.6. The molecule has 9 heteroatoms. The van der Waals surface area contributed by atoms with Gasteiger partial charge in [-0.3, -0.25) is 0 Å². The summed E-state index contributed by atoms with van der Waals surface area (Å²) in [5.41, 5.74) is 0.0335. The summed E-state index contributed by atoms with van der Waals surface area (Å²) >= 11 is 8.93. The summed E-state index contributed by atoms with van der Waals surface area (Å²) in [7, 11) is -4.00. The highest BCUT2D eigenvalue weighted by Crippen LogP contribution is 2.31. The fraction of sp³-hybridized carbons (Fsp3) is 0.417. The number of esters is 1. The summed E-state index contributed by atoms with van der Waals surface area (Å²) in [6, 6.07) is 2.46. The Balaban J connectivity index is 2.19. The van der Waals surface area contributed by atoms with Gasteiger partial charge >= 0.3 is 5.97 Å². The molecule has 0 aliphatic carbocycles. The van der Waals surface area contributed by atoms with E-state index in [1.165, 1.54) is 6.07 Å². The molecule has 1 unspecified atom stereocenters. The molecule has 0 bridgehead atoms. The maximum Gasteiger partial charge on any atom is 0.338 e. The van der Waals surface area contributed by atoms with E-state index in [1.54, 1.807) is 0 Å². The van der Waals surface area contributed by atoms with Crippen molar-refractivity contribution >= 4 is 43.5 Å². The Kier molecular flexibility index (Phi) is 5.26. The van der Waals surface area contributed by atoms with Gasteiger partial charge in [-0.2, -0.15) is 0 Å². The van der Waals surface area contributed by atoms with Crippen LogP contribution in [0.1, 0.15) is 16.8 Å². The van der Waals surface area contributed by atoms with Crippen molar-refractivity contribution in [3.8, 4) is 0 Å². The summed E-state index contributed by atoms with van der Waals surface area (Å²) in [6.07, 6.45) is 0.830. The highest BCUT2D eigenvalue weighted by Gasteiger charge is 2.22. The number of hydrogen-bond acceptors (Lipinski definition) is 5. The lowest BCUT2D eigenvalue weighted by Gasteiger charge is -2.11. The fourth-order valence-electron chi connectivity index (χ4n) is 1.88. The van der Waals surface area contributed by atoms with Crippen LogP contribution in [0.25, 0.3) is 0 Å². The maximum absolute atomic E-state index is 12.0. The van der Waals surface area contributed by atoms with Gasteiger partial charge in [0.1, 0.15) is 0 Å². The van der Waals surface area contributed by atoms with Crippen molar-refractivity contribution < 1.29 is 22.7 Å². The van der Waals surface area contributed by atoms with Gasteiger partial charge in [-0.05, 0) is 34.5 Å². The van der Waals surface area contributed by atoms with Gasteiger partial charge in [-0.15, -0.1) is 0 Å². The molecule has 21 heavy (non-hydrogen) atoms. The lowest BCUT2D eigenvalue weighted by molar-refractivity contribution is 0.0428. The zero-order valence-corrected chi connectivity index (χ0v) is 14.0. The molecular formula is C12H13BrClNO5S. The van der Waals surface area contributed by atoms with E-state index in [4.69, 9.17) is 26.2 Å². The van der Waals surface area contributed by atoms with Crippen LogP contribution >= 0.6 is 27.5 Å². The van der Waals surface area contributed by atoms with Crippen molar-refractivity contribution in [3.05, 3.63) is 27.2 Å². The van der Waals surface area contributed by atoms with Crippen LogP contribution in [0.4, 0.5) is 0 Å². The smallest absolute Gasteiger partial charge is 0.338 e. The highest BCUT2D eigenvalue weighted by atomic mass is 79.9. The van der Waals surface area contributed by atoms with Crippen LogP contribution in [0.5, 0.6) is 0 Å². The van der Waals surface area contributed by atoms with Gasteiger partial charge in [0.15, 0.2) is 0 Å². The lowest BCUT2D eigenvalue weighted by Crippen LogP contribution is -2.17. The number of ether oxygens (including phenoxy) is 2. The van der Waals surface area contributed by atoms with Crippen LogP contribution in [-0.2, 0) is 19.5 Å². The van der Waals surface area contributed by atoms with E-state index < -0.39 is 16.0 Å². The van der Waals surface area contributed by atoms with Crippen molar-refractivity contribution in [1.29, 1.82) is 0 Å². The Hall–Kier alpha value is -0.670. The first-order valence-electron chi connectivity index (χ1n) is 6.05. The first-order chi connectivity index (χ1) is 9.79. The molecule has 1 aliphatic rings. The second kappa shape index (κ2) is 6.62. The molecule has 1 heterocycles. The van der Waals surface area contributed by atoms with E-state index >= 15 is 0 Å². The van der Waals surface area contributed by atoms with E-state index in [0.717, 1.165) is 12.5 Å². The molecule has 0 spiro atoms. The average Bonchev–Trinajstić information content (AvgIpc) is 2.90. The molecule has 0 amide bonds. The molecule has 1 aliphatic heterocycles. The summed E-state index contributed by atoms with van der Waals surface area (Å²) in [6.45, 7) is 1.43. The van der Waals surface area contributed by atoms with Gasteiger partial charge in [0, 0.05) is 12.5 Å². The molecule has 116 valence electrons. The minimum atomic E-state index is -4.00. The monoisotopic (exact) mass is 397 g/mol. The van der Waals surface area contributed by atoms with Gasteiger partial charge < -0.3 is 9.47 Å². The predicted octanol–water partition coefficient (Wildman–Crippen LogP) is 1.94. The summed E-state index contributed by atoms with van der Waals surface area (Å²) in [4.78, 5) is 11.7. The Morgan fingerprint density at radius 2 is 2.24 bits per heavy atom. The molecular weight excluding hydrogens is 386 g/mol. The number of rotatable bonds is 4. The number of carbonyl (C=O) groups is 1. The molecule has 0 saturated carbocycles. The lowest BCUT2D eigenvalue weighted by atomic mass is 10.1. The molecule has 1 saturated heterocycles. The average molecular weight is 399 g/mol. The molecule has 0 aromatic heterocycles. The third kappa shape index (κ3) is 4.17. The number of sulfonamides is 1. The first kappa shape index (κ1) is 16.7. The van der Waals surface area contributed by atoms with Crippen LogP contribution in [0, 0.1) is 5.92 Å². The second-order valence-corrected chi connectivity index (χ2v) is 7.37. The van der Waals surface area contributed by atoms with Gasteiger partial charge in [-0.25, -0.2) is 18.4 Å². The highest BCUT2D eigenvalue weighted by molar-refractivity contribution is 9.10. The van der Waals surface area contributed by atoms with Gasteiger partial charge in [-0.1, -0.05) is 11.6 Å². The molecule has 1 atom stereocenters. The van der Waals surface area contributed by atoms with Crippen molar-refractivity contribution in [2.24, 2.45) is 11.1 Å². The van der Waals surface area contributed by atoms with E-state index in [2.05, 4.69) is 15.9 Å². The molecule has 1 aromatic rings. The van der Waals surface area contributed by atoms with Crippen molar-refractivity contribution in [1.82, 2.24) is 0 Å². The first-order valence-corrected chi connectivity index (χ1v) is 8.77. The van der Waals surface area contributed by atoms with Crippen LogP contribution in [0.2, 0.25) is 5.02 Å². The van der Waals surface area contributed by atoms with E-state index in [0.29, 0.717) is 13.2 Å². The summed E-state index contributed by atoms with van der Waals surface area (Å²) in [5, 5.41) is 5.15. The molecule has 0 radical (unpaired) electrons. The van der Waals surface area contributed by atoms with Crippen molar-refractivity contribution in [2.75, 3.05) is 19.8 Å². The van der Waals surface area contributed by atoms with E-state index in [-0.39, 0.29) is 32.5 Å². The Morgan fingerprint density at radius 1 is 1.52 bits per heavy atom. The third-order valence-corrected chi connectivity index (χ3v) is 5.59. The SMILES string of the molecule is NS(=O)(=O)c1cc(C(=O)OCC2CCOC2)cc(Cl)c1Br. The topological polar surface area (TPSA) is 95.7 Å². The van der Waals surface area contributed by atoms with Crippen LogP contribution in [0.15, 0.2) is 21.5 Å². The Bertz CT molecular complexity index is 658. The minimum Gasteiger partial charge on any atom is -0.462 e. The van der Waals surface area contributed by atoms with Gasteiger partial charge in [0.2, 0.25) is 10.0 Å². The number of primary sulfonamides is 1. The van der Waals surface area contributed by atoms with Gasteiger partial charge in [0.05, 0.1) is 33.2 Å². The quantitative estimate of drug-likeness (QED) is 0.782. The Labute approximate surface area is 135 Å². The number of halogens is 2. The molecule has 6 nitrogen and oxygen atoms in total. The van der Waals surface area contributed by atoms with Gasteiger partial charge in [0.25, 0.3) is 0 Å². The second-order valence-electron chi connectivity index (χ2n) is 4.64. The minimum absolute atomic E-state index is 0.0335. The number of benzene rings is 1. The largest absolute Gasteiger partial charge is 0.462 e. The van der Waals surface area contributed by atoms with Crippen LogP contribution in [-0.4, -0.2) is 34.2 Å². The zero-order valence-electron chi connectivity index (χ0n) is 10.8. The van der Waals surface area contributed by atoms with E-state index in [9.17, 15) is 13.2 Å². The maximum atomic E-state index is 12.0. The van der Waals surface area contributed by atoms with Crippen LogP contribution < -0.4 is 5.14 Å². The summed E-state index contributed by atoms with van der Waals surface area (Å²) in [5.74, 6) is -0.487. The fourth-order valence-corrected chi connectivity index (χ4v) is 3.71. The molecule has 2 rings (SSSR count). The van der Waals surface area contributed by atoms with Crippen molar-refractivity contribution in [3.63, 3.8) is 0 Å². The molecule has 2 N–H and O–H groups in total. The molecule has 1 aromatic carbocycles. The Morgan fingerprint density at radius 3 is 2.81 bits per heavy atom. The number of nitrogens with two attached hydrogens (primary N) is 1. The van der Waals surface area contributed by atoms with Crippen LogP contribution in [0.3, 0.4) is 0 Å². The predicted molar refractivity (Wildman–Crippen MR) is 79.7 cm³/mol. The van der Waals surface area contributed by atoms with Crippen molar-refractivity contribution in [2.45, 2.75) is 11.3 Å². The molecule has 1 fully saturated rings.